The zero-order valence-corrected chi connectivity index (χ0v) is 17.9. The van der Waals surface area contributed by atoms with E-state index in [1.54, 1.807) is 25.1 Å². The van der Waals surface area contributed by atoms with E-state index >= 15 is 0 Å². The maximum Gasteiger partial charge on any atom is 0.349 e. The lowest BCUT2D eigenvalue weighted by atomic mass is 10.0. The lowest BCUT2D eigenvalue weighted by Crippen LogP contribution is -2.27. The van der Waals surface area contributed by atoms with E-state index in [1.165, 1.54) is 12.1 Å². The number of esters is 1. The van der Waals surface area contributed by atoms with Crippen LogP contribution in [0.5, 0.6) is 5.75 Å². The maximum absolute atomic E-state index is 13.1. The monoisotopic (exact) mass is 439 g/mol. The number of nitrogens with one attached hydrogen (secondary N) is 1. The van der Waals surface area contributed by atoms with E-state index in [9.17, 15) is 14.4 Å². The molecule has 0 fully saturated rings. The van der Waals surface area contributed by atoms with Crippen LogP contribution in [0.1, 0.15) is 28.4 Å². The minimum atomic E-state index is -0.758. The van der Waals surface area contributed by atoms with Gasteiger partial charge in [0.05, 0.1) is 5.57 Å². The summed E-state index contributed by atoms with van der Waals surface area (Å²) >= 11 is 0. The van der Waals surface area contributed by atoms with Gasteiger partial charge >= 0.3 is 11.6 Å². The lowest BCUT2D eigenvalue weighted by molar-refractivity contribution is -0.127. The minimum absolute atomic E-state index is 0.0775. The Bertz CT molecular complexity index is 1390. The van der Waals surface area contributed by atoms with Crippen molar-refractivity contribution < 1.29 is 18.7 Å². The second-order valence-corrected chi connectivity index (χ2v) is 7.23. The van der Waals surface area contributed by atoms with E-state index in [-0.39, 0.29) is 16.9 Å². The summed E-state index contributed by atoms with van der Waals surface area (Å²) in [4.78, 5) is 37.4. The van der Waals surface area contributed by atoms with E-state index in [0.717, 1.165) is 5.56 Å². The van der Waals surface area contributed by atoms with E-state index < -0.39 is 17.5 Å². The summed E-state index contributed by atoms with van der Waals surface area (Å²) in [6.07, 6.45) is 1.76. The summed E-state index contributed by atoms with van der Waals surface area (Å²) in [6, 6.07) is 24.8. The van der Waals surface area contributed by atoms with Gasteiger partial charge < -0.3 is 14.5 Å². The maximum atomic E-state index is 13.1. The highest BCUT2D eigenvalue weighted by Gasteiger charge is 2.17. The average molecular weight is 439 g/mol. The van der Waals surface area contributed by atoms with Crippen LogP contribution >= 0.6 is 0 Å². The number of benzene rings is 3. The summed E-state index contributed by atoms with van der Waals surface area (Å²) in [6.45, 7) is 2.16. The molecule has 1 N–H and O–H groups in total. The Balaban J connectivity index is 1.66. The van der Waals surface area contributed by atoms with Crippen LogP contribution in [-0.2, 0) is 4.79 Å². The van der Waals surface area contributed by atoms with Crippen LogP contribution in [-0.4, -0.2) is 18.4 Å². The fraction of sp³-hybridized carbons (Fsp3) is 0.0741. The van der Waals surface area contributed by atoms with E-state index in [0.29, 0.717) is 23.1 Å². The molecule has 0 radical (unpaired) electrons. The first-order chi connectivity index (χ1) is 16.0. The molecule has 1 amide bonds. The van der Waals surface area contributed by atoms with Gasteiger partial charge in [0.1, 0.15) is 16.9 Å². The number of rotatable bonds is 6. The first-order valence-corrected chi connectivity index (χ1v) is 10.5. The molecule has 0 aliphatic heterocycles. The van der Waals surface area contributed by atoms with Gasteiger partial charge in [0.25, 0.3) is 5.91 Å². The van der Waals surface area contributed by atoms with Crippen LogP contribution < -0.4 is 15.7 Å². The number of hydrogen-bond acceptors (Lipinski definition) is 5. The molecular weight excluding hydrogens is 418 g/mol. The number of carbonyl (C=O) groups is 2. The number of amides is 1. The molecule has 0 spiro atoms. The second-order valence-electron chi connectivity index (χ2n) is 7.23. The quantitative estimate of drug-likeness (QED) is 0.155. The molecule has 0 unspecified atom stereocenters. The smallest absolute Gasteiger partial charge is 0.349 e. The fourth-order valence-electron chi connectivity index (χ4n) is 3.32. The molecule has 4 aromatic rings. The third-order valence-corrected chi connectivity index (χ3v) is 4.92. The molecule has 0 saturated heterocycles. The Hall–Kier alpha value is -4.45. The SMILES string of the molecule is CCNC(=O)c1cc2ccc(OC(=O)/C(=C/c3ccccc3)c3ccccc3)cc2oc1=O. The van der Waals surface area contributed by atoms with Crippen LogP contribution in [0.15, 0.2) is 94.1 Å². The number of fused-ring (bicyclic) bond motifs is 1. The highest BCUT2D eigenvalue weighted by Crippen LogP contribution is 2.25. The van der Waals surface area contributed by atoms with E-state index in [4.69, 9.17) is 9.15 Å². The van der Waals surface area contributed by atoms with Crippen LogP contribution in [0.2, 0.25) is 0 Å². The topological polar surface area (TPSA) is 85.6 Å². The zero-order valence-electron chi connectivity index (χ0n) is 17.9. The van der Waals surface area contributed by atoms with Crippen LogP contribution in [0.3, 0.4) is 0 Å². The van der Waals surface area contributed by atoms with Gasteiger partial charge in [-0.25, -0.2) is 9.59 Å². The van der Waals surface area contributed by atoms with Gasteiger partial charge in [0.2, 0.25) is 0 Å². The standard InChI is InChI=1S/C27H21NO5/c1-2-28-25(29)23-16-20-13-14-21(17-24(20)33-27(23)31)32-26(30)22(19-11-7-4-8-12-19)15-18-9-5-3-6-10-18/h3-17H,2H2,1H3,(H,28,29)/b22-15+. The molecule has 0 bridgehead atoms. The van der Waals surface area contributed by atoms with Crippen molar-refractivity contribution in [3.8, 4) is 5.75 Å². The van der Waals surface area contributed by atoms with Crippen molar-refractivity contribution in [1.82, 2.24) is 5.32 Å². The molecule has 0 aliphatic rings. The molecular formula is C27H21NO5. The van der Waals surface area contributed by atoms with Crippen LogP contribution in [0, 0.1) is 0 Å². The van der Waals surface area contributed by atoms with Gasteiger partial charge in [0, 0.05) is 18.0 Å². The molecule has 3 aromatic carbocycles. The Labute approximate surface area is 190 Å². The Morgan fingerprint density at radius 3 is 2.33 bits per heavy atom. The normalized spacial score (nSPS) is 11.2. The van der Waals surface area contributed by atoms with Gasteiger partial charge in [-0.05, 0) is 42.3 Å². The van der Waals surface area contributed by atoms with E-state index in [1.807, 2.05) is 60.7 Å². The summed E-state index contributed by atoms with van der Waals surface area (Å²) < 4.78 is 10.9. The first kappa shape index (κ1) is 21.8. The Morgan fingerprint density at radius 1 is 0.939 bits per heavy atom. The third kappa shape index (κ3) is 5.07. The van der Waals surface area contributed by atoms with Crippen molar-refractivity contribution in [3.05, 3.63) is 112 Å². The highest BCUT2D eigenvalue weighted by molar-refractivity contribution is 6.22. The summed E-state index contributed by atoms with van der Waals surface area (Å²) in [7, 11) is 0. The molecule has 0 aliphatic carbocycles. The summed E-state index contributed by atoms with van der Waals surface area (Å²) in [5.41, 5.74) is 1.33. The second kappa shape index (κ2) is 9.78. The van der Waals surface area contributed by atoms with E-state index in [2.05, 4.69) is 5.32 Å². The summed E-state index contributed by atoms with van der Waals surface area (Å²) in [5.74, 6) is -0.829. The molecule has 6 nitrogen and oxygen atoms in total. The fourth-order valence-corrected chi connectivity index (χ4v) is 3.32. The molecule has 164 valence electrons. The number of ether oxygens (including phenoxy) is 1. The molecule has 33 heavy (non-hydrogen) atoms. The van der Waals surface area contributed by atoms with Gasteiger partial charge in [-0.1, -0.05) is 60.7 Å². The largest absolute Gasteiger partial charge is 0.423 e. The van der Waals surface area contributed by atoms with Crippen molar-refractivity contribution in [2.75, 3.05) is 6.54 Å². The molecule has 6 heteroatoms. The third-order valence-electron chi connectivity index (χ3n) is 4.92. The Kier molecular flexibility index (Phi) is 6.45. The number of hydrogen-bond donors (Lipinski definition) is 1. The minimum Gasteiger partial charge on any atom is -0.423 e. The predicted octanol–water partition coefficient (Wildman–Crippen LogP) is 4.69. The van der Waals surface area contributed by atoms with Gasteiger partial charge in [-0.3, -0.25) is 4.79 Å². The van der Waals surface area contributed by atoms with Gasteiger partial charge in [-0.15, -0.1) is 0 Å². The number of carbonyl (C=O) groups excluding carboxylic acids is 2. The zero-order chi connectivity index (χ0) is 23.2. The molecule has 1 heterocycles. The average Bonchev–Trinajstić information content (AvgIpc) is 2.83. The molecule has 0 atom stereocenters. The van der Waals surface area contributed by atoms with Crippen molar-refractivity contribution in [2.24, 2.45) is 0 Å². The van der Waals surface area contributed by atoms with Crippen molar-refractivity contribution in [1.29, 1.82) is 0 Å². The van der Waals surface area contributed by atoms with Crippen molar-refractivity contribution >= 4 is 34.5 Å². The lowest BCUT2D eigenvalue weighted by Gasteiger charge is -2.10. The van der Waals surface area contributed by atoms with Crippen LogP contribution in [0.25, 0.3) is 22.6 Å². The van der Waals surface area contributed by atoms with Crippen molar-refractivity contribution in [2.45, 2.75) is 6.92 Å². The van der Waals surface area contributed by atoms with Crippen molar-refractivity contribution in [3.63, 3.8) is 0 Å². The molecule has 4 rings (SSSR count). The molecule has 0 saturated carbocycles. The van der Waals surface area contributed by atoms with Gasteiger partial charge in [-0.2, -0.15) is 0 Å². The Morgan fingerprint density at radius 2 is 1.64 bits per heavy atom. The summed E-state index contributed by atoms with van der Waals surface area (Å²) in [5, 5.41) is 3.12. The highest BCUT2D eigenvalue weighted by atomic mass is 16.5. The molecule has 1 aromatic heterocycles. The first-order valence-electron chi connectivity index (χ1n) is 10.5. The van der Waals surface area contributed by atoms with Crippen LogP contribution in [0.4, 0.5) is 0 Å². The predicted molar refractivity (Wildman–Crippen MR) is 127 cm³/mol. The van der Waals surface area contributed by atoms with Gasteiger partial charge in [0.15, 0.2) is 0 Å².